The van der Waals surface area contributed by atoms with E-state index in [4.69, 9.17) is 10.2 Å². The first-order valence-corrected chi connectivity index (χ1v) is 7.26. The molecule has 3 rings (SSSR count). The van der Waals surface area contributed by atoms with Gasteiger partial charge in [0.05, 0.1) is 6.20 Å². The average molecular weight is 358 g/mol. The molecule has 2 heterocycles. The van der Waals surface area contributed by atoms with Gasteiger partial charge in [-0.15, -0.1) is 24.8 Å². The van der Waals surface area contributed by atoms with Crippen molar-refractivity contribution in [2.45, 2.75) is 25.3 Å². The number of hydrogen-bond acceptors (Lipinski definition) is 4. The number of rotatable bonds is 4. The van der Waals surface area contributed by atoms with E-state index in [2.05, 4.69) is 4.98 Å². The molecule has 0 spiro atoms. The van der Waals surface area contributed by atoms with Gasteiger partial charge in [0.15, 0.2) is 11.7 Å². The Morgan fingerprint density at radius 2 is 2.04 bits per heavy atom. The topological polar surface area (TPSA) is 72.4 Å². The van der Waals surface area contributed by atoms with Crippen LogP contribution in [0.2, 0.25) is 0 Å². The number of amides is 1. The number of benzene rings is 1. The second-order valence-corrected chi connectivity index (χ2v) is 5.37. The molecular weight excluding hydrogens is 337 g/mol. The van der Waals surface area contributed by atoms with Crippen molar-refractivity contribution in [3.05, 3.63) is 42.4 Å². The summed E-state index contributed by atoms with van der Waals surface area (Å²) in [5.41, 5.74) is 6.81. The van der Waals surface area contributed by atoms with Crippen molar-refractivity contribution in [2.24, 2.45) is 5.73 Å². The highest BCUT2D eigenvalue weighted by Gasteiger charge is 2.23. The van der Waals surface area contributed by atoms with E-state index >= 15 is 0 Å². The Kier molecular flexibility index (Phi) is 7.55. The monoisotopic (exact) mass is 357 g/mol. The molecule has 23 heavy (non-hydrogen) atoms. The first kappa shape index (κ1) is 19.5. The van der Waals surface area contributed by atoms with Crippen molar-refractivity contribution in [3.63, 3.8) is 0 Å². The third kappa shape index (κ3) is 4.96. The predicted octanol–water partition coefficient (Wildman–Crippen LogP) is 2.68. The number of aryl methyl sites for hydroxylation is 1. The number of aromatic nitrogens is 1. The van der Waals surface area contributed by atoms with Crippen molar-refractivity contribution in [2.75, 3.05) is 13.1 Å². The van der Waals surface area contributed by atoms with Crippen LogP contribution in [0, 0.1) is 0 Å². The summed E-state index contributed by atoms with van der Waals surface area (Å²) in [6, 6.07) is 9.94. The Bertz CT molecular complexity index is 619. The molecular formula is C16H21Cl2N3O2. The number of carbonyl (C=O) groups excluding carboxylic acids is 1. The molecule has 0 bridgehead atoms. The number of nitrogens with zero attached hydrogens (tertiary/aromatic N) is 2. The summed E-state index contributed by atoms with van der Waals surface area (Å²) in [5.74, 6) is 1.47. The van der Waals surface area contributed by atoms with E-state index in [-0.39, 0.29) is 36.8 Å². The SMILES string of the molecule is Cl.Cl.N[C@@H]1CCN(C(=O)CCc2ncc(-c3ccccc3)o2)C1. The van der Waals surface area contributed by atoms with Crippen LogP contribution < -0.4 is 5.73 Å². The molecule has 126 valence electrons. The standard InChI is InChI=1S/C16H19N3O2.2ClH/c17-13-8-9-19(11-13)16(20)7-6-15-18-10-14(21-15)12-4-2-1-3-5-12;;/h1-5,10,13H,6-9,11,17H2;2*1H/t13-;;/m1../s1. The Balaban J connectivity index is 0.00000132. The van der Waals surface area contributed by atoms with E-state index in [0.717, 1.165) is 24.3 Å². The summed E-state index contributed by atoms with van der Waals surface area (Å²) < 4.78 is 5.70. The molecule has 1 aromatic heterocycles. The molecule has 1 atom stereocenters. The largest absolute Gasteiger partial charge is 0.441 e. The Labute approximate surface area is 148 Å². The fourth-order valence-electron chi connectivity index (χ4n) is 2.55. The first-order valence-electron chi connectivity index (χ1n) is 7.26. The molecule has 5 nitrogen and oxygen atoms in total. The first-order chi connectivity index (χ1) is 10.2. The van der Waals surface area contributed by atoms with Crippen LogP contribution in [0.15, 0.2) is 40.9 Å². The van der Waals surface area contributed by atoms with Crippen LogP contribution in [0.25, 0.3) is 11.3 Å². The van der Waals surface area contributed by atoms with Gasteiger partial charge in [0.2, 0.25) is 5.91 Å². The smallest absolute Gasteiger partial charge is 0.223 e. The van der Waals surface area contributed by atoms with E-state index in [0.29, 0.717) is 25.3 Å². The molecule has 1 aromatic carbocycles. The van der Waals surface area contributed by atoms with Gasteiger partial charge >= 0.3 is 0 Å². The average Bonchev–Trinajstić information content (AvgIpc) is 3.15. The molecule has 0 aliphatic carbocycles. The van der Waals surface area contributed by atoms with E-state index in [1.165, 1.54) is 0 Å². The number of halogens is 2. The highest BCUT2D eigenvalue weighted by Crippen LogP contribution is 2.20. The van der Waals surface area contributed by atoms with E-state index < -0.39 is 0 Å². The van der Waals surface area contributed by atoms with E-state index in [1.54, 1.807) is 6.20 Å². The van der Waals surface area contributed by atoms with Gasteiger partial charge in [-0.05, 0) is 6.42 Å². The van der Waals surface area contributed by atoms with Gasteiger partial charge in [0, 0.05) is 37.5 Å². The molecule has 2 aromatic rings. The minimum Gasteiger partial charge on any atom is -0.441 e. The van der Waals surface area contributed by atoms with Crippen molar-refractivity contribution in [3.8, 4) is 11.3 Å². The third-order valence-electron chi connectivity index (χ3n) is 3.74. The molecule has 1 aliphatic rings. The minimum atomic E-state index is 0. The van der Waals surface area contributed by atoms with E-state index in [9.17, 15) is 4.79 Å². The Morgan fingerprint density at radius 1 is 1.30 bits per heavy atom. The van der Waals surface area contributed by atoms with Gasteiger partial charge in [-0.2, -0.15) is 0 Å². The number of oxazole rings is 1. The van der Waals surface area contributed by atoms with E-state index in [1.807, 2.05) is 35.2 Å². The van der Waals surface area contributed by atoms with Gasteiger partial charge in [0.25, 0.3) is 0 Å². The molecule has 1 amide bonds. The number of carbonyl (C=O) groups is 1. The lowest BCUT2D eigenvalue weighted by atomic mass is 10.2. The molecule has 1 aliphatic heterocycles. The summed E-state index contributed by atoms with van der Waals surface area (Å²) in [4.78, 5) is 18.1. The molecule has 0 radical (unpaired) electrons. The molecule has 1 saturated heterocycles. The van der Waals surface area contributed by atoms with Gasteiger partial charge < -0.3 is 15.1 Å². The van der Waals surface area contributed by atoms with Gasteiger partial charge in [-0.1, -0.05) is 30.3 Å². The van der Waals surface area contributed by atoms with Crippen LogP contribution >= 0.6 is 24.8 Å². The fourth-order valence-corrected chi connectivity index (χ4v) is 2.55. The maximum atomic E-state index is 12.0. The van der Waals surface area contributed by atoms with Crippen LogP contribution in [0.4, 0.5) is 0 Å². The summed E-state index contributed by atoms with van der Waals surface area (Å²) in [5, 5.41) is 0. The zero-order valence-corrected chi connectivity index (χ0v) is 14.3. The zero-order chi connectivity index (χ0) is 14.7. The quantitative estimate of drug-likeness (QED) is 0.912. The second kappa shape index (κ2) is 8.91. The maximum absolute atomic E-state index is 12.0. The van der Waals surface area contributed by atoms with Gasteiger partial charge in [-0.3, -0.25) is 4.79 Å². The van der Waals surface area contributed by atoms with Gasteiger partial charge in [-0.25, -0.2) is 4.98 Å². The maximum Gasteiger partial charge on any atom is 0.223 e. The highest BCUT2D eigenvalue weighted by molar-refractivity contribution is 5.85. The number of likely N-dealkylation sites (tertiary alicyclic amines) is 1. The van der Waals surface area contributed by atoms with Crippen LogP contribution in [0.5, 0.6) is 0 Å². The summed E-state index contributed by atoms with van der Waals surface area (Å²) in [6.45, 7) is 1.43. The third-order valence-corrected chi connectivity index (χ3v) is 3.74. The van der Waals surface area contributed by atoms with Crippen LogP contribution in [0.3, 0.4) is 0 Å². The zero-order valence-electron chi connectivity index (χ0n) is 12.7. The summed E-state index contributed by atoms with van der Waals surface area (Å²) in [7, 11) is 0. The van der Waals surface area contributed by atoms with Crippen molar-refractivity contribution in [1.29, 1.82) is 0 Å². The lowest BCUT2D eigenvalue weighted by Crippen LogP contribution is -2.31. The summed E-state index contributed by atoms with van der Waals surface area (Å²) >= 11 is 0. The molecule has 7 heteroatoms. The normalized spacial score (nSPS) is 16.6. The van der Waals surface area contributed by atoms with Crippen molar-refractivity contribution in [1.82, 2.24) is 9.88 Å². The molecule has 1 fully saturated rings. The number of hydrogen-bond donors (Lipinski definition) is 1. The lowest BCUT2D eigenvalue weighted by molar-refractivity contribution is -0.130. The van der Waals surface area contributed by atoms with Gasteiger partial charge in [0.1, 0.15) is 0 Å². The van der Waals surface area contributed by atoms with Crippen LogP contribution in [-0.4, -0.2) is 34.9 Å². The Morgan fingerprint density at radius 3 is 2.70 bits per heavy atom. The molecule has 0 unspecified atom stereocenters. The predicted molar refractivity (Wildman–Crippen MR) is 93.9 cm³/mol. The fraction of sp³-hybridized carbons (Fsp3) is 0.375. The molecule has 0 saturated carbocycles. The van der Waals surface area contributed by atoms with Crippen molar-refractivity contribution < 1.29 is 9.21 Å². The lowest BCUT2D eigenvalue weighted by Gasteiger charge is -2.14. The molecule has 2 N–H and O–H groups in total. The highest BCUT2D eigenvalue weighted by atomic mass is 35.5. The minimum absolute atomic E-state index is 0. The van der Waals surface area contributed by atoms with Crippen LogP contribution in [0.1, 0.15) is 18.7 Å². The number of nitrogens with two attached hydrogens (primary N) is 1. The Hall–Kier alpha value is -1.56. The second-order valence-electron chi connectivity index (χ2n) is 5.37. The summed E-state index contributed by atoms with van der Waals surface area (Å²) in [6.07, 6.45) is 3.54. The van der Waals surface area contributed by atoms with Crippen LogP contribution in [-0.2, 0) is 11.2 Å². The van der Waals surface area contributed by atoms with Crippen molar-refractivity contribution >= 4 is 30.7 Å².